The second kappa shape index (κ2) is 5.91. The Morgan fingerprint density at radius 1 is 1.35 bits per heavy atom. The number of aryl methyl sites for hydroxylation is 1. The first-order chi connectivity index (χ1) is 11.1. The molecule has 2 aliphatic heterocycles. The van der Waals surface area contributed by atoms with Crippen LogP contribution < -0.4 is 10.6 Å². The van der Waals surface area contributed by atoms with Crippen LogP contribution in [0.1, 0.15) is 62.6 Å². The highest BCUT2D eigenvalue weighted by Gasteiger charge is 2.42. The lowest BCUT2D eigenvalue weighted by Crippen LogP contribution is -2.51. The van der Waals surface area contributed by atoms with E-state index in [9.17, 15) is 4.79 Å². The highest BCUT2D eigenvalue weighted by atomic mass is 16.5. The number of ether oxygens (including phenoxy) is 1. The molecule has 0 unspecified atom stereocenters. The number of carbonyl (C=O) groups excluding carboxylic acids is 1. The van der Waals surface area contributed by atoms with Crippen molar-refractivity contribution in [3.63, 3.8) is 0 Å². The quantitative estimate of drug-likeness (QED) is 0.900. The number of fused-ring (bicyclic) bond motifs is 1. The first-order valence-corrected chi connectivity index (χ1v) is 8.96. The van der Waals surface area contributed by atoms with Crippen LogP contribution in [-0.4, -0.2) is 24.2 Å². The fourth-order valence-corrected chi connectivity index (χ4v) is 4.21. The molecule has 1 amide bonds. The Morgan fingerprint density at radius 3 is 3.00 bits per heavy atom. The highest BCUT2D eigenvalue weighted by Crippen LogP contribution is 2.42. The van der Waals surface area contributed by atoms with Crippen molar-refractivity contribution in [2.24, 2.45) is 0 Å². The molecular formula is C19H26N2O2. The zero-order valence-corrected chi connectivity index (χ0v) is 13.9. The molecule has 2 atom stereocenters. The summed E-state index contributed by atoms with van der Waals surface area (Å²) in [6.45, 7) is 3.13. The zero-order valence-electron chi connectivity index (χ0n) is 13.9. The van der Waals surface area contributed by atoms with Crippen LogP contribution in [0.4, 0.5) is 5.69 Å². The van der Waals surface area contributed by atoms with Crippen molar-refractivity contribution >= 4 is 11.6 Å². The molecule has 1 saturated carbocycles. The van der Waals surface area contributed by atoms with E-state index in [1.165, 1.54) is 30.4 Å². The molecule has 1 aromatic rings. The summed E-state index contributed by atoms with van der Waals surface area (Å²) in [5.41, 5.74) is 3.75. The maximum absolute atomic E-state index is 11.5. The molecule has 2 heterocycles. The molecule has 23 heavy (non-hydrogen) atoms. The predicted molar refractivity (Wildman–Crippen MR) is 90.5 cm³/mol. The van der Waals surface area contributed by atoms with Gasteiger partial charge in [0.2, 0.25) is 5.91 Å². The second-order valence-electron chi connectivity index (χ2n) is 7.43. The second-order valence-corrected chi connectivity index (χ2v) is 7.43. The molecule has 2 fully saturated rings. The van der Waals surface area contributed by atoms with Crippen LogP contribution in [0.2, 0.25) is 0 Å². The lowest BCUT2D eigenvalue weighted by Gasteiger charge is -2.47. The summed E-state index contributed by atoms with van der Waals surface area (Å²) in [7, 11) is 0. The maximum atomic E-state index is 11.5. The number of rotatable bonds is 3. The van der Waals surface area contributed by atoms with E-state index in [4.69, 9.17) is 4.74 Å². The summed E-state index contributed by atoms with van der Waals surface area (Å²) in [6.07, 6.45) is 7.49. The number of anilines is 1. The van der Waals surface area contributed by atoms with Crippen LogP contribution in [0.15, 0.2) is 18.2 Å². The lowest BCUT2D eigenvalue weighted by molar-refractivity contribution is -0.136. The normalized spacial score (nSPS) is 27.0. The molecule has 4 nitrogen and oxygen atoms in total. The Labute approximate surface area is 138 Å². The van der Waals surface area contributed by atoms with Crippen molar-refractivity contribution < 1.29 is 9.53 Å². The Bertz CT molecular complexity index is 609. The van der Waals surface area contributed by atoms with Crippen molar-refractivity contribution in [2.75, 3.05) is 11.9 Å². The smallest absolute Gasteiger partial charge is 0.224 e. The summed E-state index contributed by atoms with van der Waals surface area (Å²) in [5, 5.41) is 6.76. The van der Waals surface area contributed by atoms with Gasteiger partial charge in [-0.15, -0.1) is 0 Å². The summed E-state index contributed by atoms with van der Waals surface area (Å²) in [4.78, 5) is 11.5. The molecule has 0 radical (unpaired) electrons. The minimum Gasteiger partial charge on any atom is -0.375 e. The van der Waals surface area contributed by atoms with Gasteiger partial charge >= 0.3 is 0 Å². The Kier molecular flexibility index (Phi) is 3.90. The third kappa shape index (κ3) is 3.02. The van der Waals surface area contributed by atoms with E-state index in [-0.39, 0.29) is 11.5 Å². The van der Waals surface area contributed by atoms with Crippen LogP contribution in [0.25, 0.3) is 0 Å². The fraction of sp³-hybridized carbons (Fsp3) is 0.632. The van der Waals surface area contributed by atoms with Gasteiger partial charge in [-0.05, 0) is 62.6 Å². The average molecular weight is 314 g/mol. The molecule has 1 spiro atoms. The molecule has 1 aromatic carbocycles. The number of carbonyl (C=O) groups is 1. The number of benzene rings is 1. The highest BCUT2D eigenvalue weighted by molar-refractivity contribution is 5.93. The molecule has 2 N–H and O–H groups in total. The molecule has 124 valence electrons. The standard InChI is InChI=1S/C19H26N2O2/c1-13(20-16-7-10-23-19(12-16)8-2-9-19)14-3-5-17-15(11-14)4-6-18(22)21-17/h3,5,11,13,16,20H,2,4,6-10,12H2,1H3,(H,21,22)/t13-,16+/m0/s1. The number of hydrogen-bond donors (Lipinski definition) is 2. The first kappa shape index (κ1) is 15.2. The number of hydrogen-bond acceptors (Lipinski definition) is 3. The first-order valence-electron chi connectivity index (χ1n) is 8.96. The minimum absolute atomic E-state index is 0.129. The molecule has 3 aliphatic rings. The van der Waals surface area contributed by atoms with E-state index in [2.05, 4.69) is 35.8 Å². The van der Waals surface area contributed by atoms with E-state index in [0.717, 1.165) is 31.6 Å². The van der Waals surface area contributed by atoms with Gasteiger partial charge in [-0.25, -0.2) is 0 Å². The Morgan fingerprint density at radius 2 is 2.22 bits per heavy atom. The summed E-state index contributed by atoms with van der Waals surface area (Å²) in [5.74, 6) is 0.129. The number of nitrogens with one attached hydrogen (secondary N) is 2. The summed E-state index contributed by atoms with van der Waals surface area (Å²) in [6, 6.07) is 7.33. The Hall–Kier alpha value is -1.39. The van der Waals surface area contributed by atoms with E-state index in [1.54, 1.807) is 0 Å². The van der Waals surface area contributed by atoms with Crippen LogP contribution >= 0.6 is 0 Å². The van der Waals surface area contributed by atoms with Crippen LogP contribution in [0.3, 0.4) is 0 Å². The summed E-state index contributed by atoms with van der Waals surface area (Å²) >= 11 is 0. The van der Waals surface area contributed by atoms with Gasteiger partial charge in [0.15, 0.2) is 0 Å². The van der Waals surface area contributed by atoms with Gasteiger partial charge in [0.1, 0.15) is 0 Å². The van der Waals surface area contributed by atoms with Crippen molar-refractivity contribution in [2.45, 2.75) is 69.6 Å². The van der Waals surface area contributed by atoms with E-state index in [0.29, 0.717) is 18.5 Å². The third-order valence-corrected chi connectivity index (χ3v) is 5.77. The fourth-order valence-electron chi connectivity index (χ4n) is 4.21. The van der Waals surface area contributed by atoms with E-state index in [1.807, 2.05) is 0 Å². The molecule has 1 aliphatic carbocycles. The Balaban J connectivity index is 1.42. The topological polar surface area (TPSA) is 50.4 Å². The minimum atomic E-state index is 0.129. The van der Waals surface area contributed by atoms with Gasteiger partial charge in [0.25, 0.3) is 0 Å². The van der Waals surface area contributed by atoms with Gasteiger partial charge in [0, 0.05) is 30.8 Å². The molecule has 1 saturated heterocycles. The van der Waals surface area contributed by atoms with Crippen molar-refractivity contribution in [1.29, 1.82) is 0 Å². The molecule has 0 aromatic heterocycles. The van der Waals surface area contributed by atoms with Crippen molar-refractivity contribution in [3.8, 4) is 0 Å². The van der Waals surface area contributed by atoms with Crippen LogP contribution in [-0.2, 0) is 16.0 Å². The van der Waals surface area contributed by atoms with E-state index >= 15 is 0 Å². The van der Waals surface area contributed by atoms with Gasteiger partial charge in [0.05, 0.1) is 5.60 Å². The van der Waals surface area contributed by atoms with Gasteiger partial charge in [-0.2, -0.15) is 0 Å². The van der Waals surface area contributed by atoms with Crippen molar-refractivity contribution in [1.82, 2.24) is 5.32 Å². The van der Waals surface area contributed by atoms with Gasteiger partial charge in [-0.3, -0.25) is 4.79 Å². The predicted octanol–water partition coefficient (Wildman–Crippen LogP) is 3.32. The number of amides is 1. The molecule has 4 rings (SSSR count). The SMILES string of the molecule is C[C@H](N[C@@H]1CCOC2(CCC2)C1)c1ccc2c(c1)CCC(=O)N2. The van der Waals surface area contributed by atoms with Crippen LogP contribution in [0, 0.1) is 0 Å². The molecule has 0 bridgehead atoms. The average Bonchev–Trinajstić information content (AvgIpc) is 2.53. The van der Waals surface area contributed by atoms with Crippen LogP contribution in [0.5, 0.6) is 0 Å². The third-order valence-electron chi connectivity index (χ3n) is 5.77. The van der Waals surface area contributed by atoms with E-state index < -0.39 is 0 Å². The summed E-state index contributed by atoms with van der Waals surface area (Å²) < 4.78 is 6.02. The monoisotopic (exact) mass is 314 g/mol. The van der Waals surface area contributed by atoms with Gasteiger partial charge in [-0.1, -0.05) is 12.1 Å². The zero-order chi connectivity index (χ0) is 15.9. The molecular weight excluding hydrogens is 288 g/mol. The maximum Gasteiger partial charge on any atom is 0.224 e. The lowest BCUT2D eigenvalue weighted by atomic mass is 9.74. The van der Waals surface area contributed by atoms with Gasteiger partial charge < -0.3 is 15.4 Å². The van der Waals surface area contributed by atoms with Crippen molar-refractivity contribution in [3.05, 3.63) is 29.3 Å². The molecule has 4 heteroatoms. The largest absolute Gasteiger partial charge is 0.375 e.